The summed E-state index contributed by atoms with van der Waals surface area (Å²) in [4.78, 5) is 14.5. The van der Waals surface area contributed by atoms with Crippen LogP contribution in [0.25, 0.3) is 10.9 Å². The zero-order valence-electron chi connectivity index (χ0n) is 12.2. The number of ether oxygens (including phenoxy) is 1. The number of aromatic amines is 1. The van der Waals surface area contributed by atoms with Gasteiger partial charge in [0.25, 0.3) is 0 Å². The average Bonchev–Trinajstić information content (AvgIpc) is 2.87. The number of hydrogen-bond donors (Lipinski definition) is 2. The molecule has 3 aromatic rings. The van der Waals surface area contributed by atoms with Gasteiger partial charge in [0.05, 0.1) is 5.52 Å². The minimum atomic E-state index is -0.636. The fourth-order valence-corrected chi connectivity index (χ4v) is 2.41. The van der Waals surface area contributed by atoms with Crippen molar-refractivity contribution in [3.8, 4) is 11.6 Å². The summed E-state index contributed by atoms with van der Waals surface area (Å²) in [6.45, 7) is -0.345. The van der Waals surface area contributed by atoms with Crippen LogP contribution in [0.3, 0.4) is 0 Å². The molecule has 8 heteroatoms. The Bertz CT molecular complexity index is 922. The minimum absolute atomic E-state index is 0.168. The van der Waals surface area contributed by atoms with Crippen LogP contribution in [0.5, 0.6) is 11.6 Å². The van der Waals surface area contributed by atoms with Crippen LogP contribution in [0.1, 0.15) is 0 Å². The number of nitrogens with one attached hydrogen (secondary N) is 1. The number of carbonyl (C=O) groups is 1. The molecule has 0 fully saturated rings. The van der Waals surface area contributed by atoms with Crippen molar-refractivity contribution in [3.05, 3.63) is 52.8 Å². The van der Waals surface area contributed by atoms with Gasteiger partial charge in [-0.15, -0.1) is 10.2 Å². The summed E-state index contributed by atoms with van der Waals surface area (Å²) < 4.78 is 18.8. The number of hydrogen-bond acceptors (Lipinski definition) is 4. The Morgan fingerprint density at radius 1 is 1.25 bits per heavy atom. The number of amides is 1. The molecule has 2 aromatic carbocycles. The third-order valence-electron chi connectivity index (χ3n) is 3.15. The largest absolute Gasteiger partial charge is 0.493 e. The number of nitrogens with zero attached hydrogens (tertiary/aromatic N) is 2. The van der Waals surface area contributed by atoms with Crippen LogP contribution in [0.4, 0.5) is 10.1 Å². The molecule has 0 aliphatic rings. The first-order valence-corrected chi connectivity index (χ1v) is 7.65. The van der Waals surface area contributed by atoms with E-state index in [0.29, 0.717) is 16.7 Å². The molecule has 0 spiro atoms. The molecule has 1 amide bonds. The lowest BCUT2D eigenvalue weighted by molar-refractivity contribution is -0.120. The summed E-state index contributed by atoms with van der Waals surface area (Å²) in [7, 11) is 0. The number of halogens is 2. The van der Waals surface area contributed by atoms with Crippen molar-refractivity contribution in [1.82, 2.24) is 4.98 Å². The number of benzene rings is 2. The molecular formula is C16H11BrFN3O3. The molecule has 0 bridgehead atoms. The summed E-state index contributed by atoms with van der Waals surface area (Å²) >= 11 is 3.33. The van der Waals surface area contributed by atoms with E-state index in [4.69, 9.17) is 4.74 Å². The van der Waals surface area contributed by atoms with E-state index in [-0.39, 0.29) is 18.2 Å². The number of aromatic nitrogens is 1. The van der Waals surface area contributed by atoms with Gasteiger partial charge in [0.2, 0.25) is 5.88 Å². The fraction of sp³-hybridized carbons (Fsp3) is 0.0625. The number of aromatic hydroxyl groups is 1. The van der Waals surface area contributed by atoms with Gasteiger partial charge in [-0.2, -0.15) is 0 Å². The number of H-pyrrole nitrogens is 1. The van der Waals surface area contributed by atoms with E-state index in [1.807, 2.05) is 0 Å². The standard InChI is InChI=1S/C16H11BrFN3O3/c17-9-1-6-13-12(7-9)15(16(23)19-13)21-20-14(22)8-24-11-4-2-10(18)3-5-11/h1-7,19,23H,8H2. The maximum Gasteiger partial charge on any atom is 0.302 e. The van der Waals surface area contributed by atoms with Crippen LogP contribution in [0.15, 0.2) is 57.2 Å². The predicted molar refractivity (Wildman–Crippen MR) is 89.1 cm³/mol. The molecule has 0 unspecified atom stereocenters. The second-order valence-corrected chi connectivity index (χ2v) is 5.76. The second-order valence-electron chi connectivity index (χ2n) is 4.85. The number of rotatable bonds is 4. The molecule has 0 atom stereocenters. The Morgan fingerprint density at radius 3 is 2.75 bits per heavy atom. The van der Waals surface area contributed by atoms with Crippen LogP contribution in [0.2, 0.25) is 0 Å². The lowest BCUT2D eigenvalue weighted by Crippen LogP contribution is -2.07. The van der Waals surface area contributed by atoms with E-state index < -0.39 is 11.7 Å². The highest BCUT2D eigenvalue weighted by atomic mass is 79.9. The highest BCUT2D eigenvalue weighted by Crippen LogP contribution is 2.36. The molecule has 0 radical (unpaired) electrons. The van der Waals surface area contributed by atoms with Crippen molar-refractivity contribution >= 4 is 38.4 Å². The summed E-state index contributed by atoms with van der Waals surface area (Å²) in [6.07, 6.45) is 0. The van der Waals surface area contributed by atoms with Crippen molar-refractivity contribution in [3.63, 3.8) is 0 Å². The minimum Gasteiger partial charge on any atom is -0.493 e. The zero-order valence-corrected chi connectivity index (χ0v) is 13.7. The van der Waals surface area contributed by atoms with Crippen molar-refractivity contribution in [1.29, 1.82) is 0 Å². The molecule has 3 rings (SSSR count). The molecule has 122 valence electrons. The molecule has 2 N–H and O–H groups in total. The van der Waals surface area contributed by atoms with Gasteiger partial charge >= 0.3 is 5.91 Å². The number of azo groups is 1. The predicted octanol–water partition coefficient (Wildman–Crippen LogP) is 4.46. The number of fused-ring (bicyclic) bond motifs is 1. The summed E-state index contributed by atoms with van der Waals surface area (Å²) in [5.74, 6) is -0.865. The maximum atomic E-state index is 12.8. The topological polar surface area (TPSA) is 87.0 Å². The molecule has 1 aromatic heterocycles. The van der Waals surface area contributed by atoms with Gasteiger partial charge in [-0.3, -0.25) is 4.79 Å². The van der Waals surface area contributed by atoms with Crippen LogP contribution in [-0.4, -0.2) is 22.6 Å². The normalized spacial score (nSPS) is 11.2. The fourth-order valence-electron chi connectivity index (χ4n) is 2.05. The average molecular weight is 392 g/mol. The first-order chi connectivity index (χ1) is 11.5. The van der Waals surface area contributed by atoms with Crippen LogP contribution in [-0.2, 0) is 4.79 Å². The van der Waals surface area contributed by atoms with Gasteiger partial charge in [0.15, 0.2) is 12.3 Å². The van der Waals surface area contributed by atoms with E-state index >= 15 is 0 Å². The molecular weight excluding hydrogens is 381 g/mol. The Hall–Kier alpha value is -2.74. The lowest BCUT2D eigenvalue weighted by atomic mass is 10.2. The molecule has 0 saturated heterocycles. The van der Waals surface area contributed by atoms with Gasteiger partial charge in [-0.1, -0.05) is 15.9 Å². The van der Waals surface area contributed by atoms with Crippen molar-refractivity contribution in [2.45, 2.75) is 0 Å². The second kappa shape index (κ2) is 6.79. The molecule has 0 aliphatic carbocycles. The monoisotopic (exact) mass is 391 g/mol. The van der Waals surface area contributed by atoms with Crippen molar-refractivity contribution in [2.24, 2.45) is 10.2 Å². The Balaban J connectivity index is 1.71. The van der Waals surface area contributed by atoms with Gasteiger partial charge in [-0.05, 0) is 42.5 Å². The summed E-state index contributed by atoms with van der Waals surface area (Å²) in [6, 6.07) is 10.6. The lowest BCUT2D eigenvalue weighted by Gasteiger charge is -2.02. The van der Waals surface area contributed by atoms with Crippen LogP contribution >= 0.6 is 15.9 Å². The highest BCUT2D eigenvalue weighted by molar-refractivity contribution is 9.10. The van der Waals surface area contributed by atoms with Crippen LogP contribution < -0.4 is 4.74 Å². The van der Waals surface area contributed by atoms with E-state index in [0.717, 1.165) is 4.47 Å². The highest BCUT2D eigenvalue weighted by Gasteiger charge is 2.11. The first-order valence-electron chi connectivity index (χ1n) is 6.86. The van der Waals surface area contributed by atoms with Crippen LogP contribution in [0, 0.1) is 5.82 Å². The van der Waals surface area contributed by atoms with Crippen molar-refractivity contribution < 1.29 is 19.0 Å². The Kier molecular flexibility index (Phi) is 4.57. The molecule has 0 aliphatic heterocycles. The van der Waals surface area contributed by atoms with E-state index in [1.54, 1.807) is 18.2 Å². The Labute approximate surface area is 144 Å². The zero-order chi connectivity index (χ0) is 17.1. The van der Waals surface area contributed by atoms with Gasteiger partial charge < -0.3 is 14.8 Å². The SMILES string of the molecule is O=C(COc1ccc(F)cc1)N=Nc1c(O)[nH]c2ccc(Br)cc12. The molecule has 6 nitrogen and oxygen atoms in total. The van der Waals surface area contributed by atoms with Crippen molar-refractivity contribution in [2.75, 3.05) is 6.61 Å². The smallest absolute Gasteiger partial charge is 0.302 e. The maximum absolute atomic E-state index is 12.8. The van der Waals surface area contributed by atoms with E-state index in [1.165, 1.54) is 24.3 Å². The molecule has 24 heavy (non-hydrogen) atoms. The summed E-state index contributed by atoms with van der Waals surface area (Å²) in [5, 5.41) is 17.8. The van der Waals surface area contributed by atoms with E-state index in [2.05, 4.69) is 31.1 Å². The van der Waals surface area contributed by atoms with Gasteiger partial charge in [0, 0.05) is 9.86 Å². The van der Waals surface area contributed by atoms with Gasteiger partial charge in [0.1, 0.15) is 11.6 Å². The summed E-state index contributed by atoms with van der Waals surface area (Å²) in [5.41, 5.74) is 0.834. The molecule has 0 saturated carbocycles. The quantitative estimate of drug-likeness (QED) is 0.643. The Morgan fingerprint density at radius 2 is 2.00 bits per heavy atom. The van der Waals surface area contributed by atoms with Gasteiger partial charge in [-0.25, -0.2) is 4.39 Å². The third-order valence-corrected chi connectivity index (χ3v) is 3.64. The van der Waals surface area contributed by atoms with E-state index in [9.17, 15) is 14.3 Å². The molecule has 1 heterocycles. The number of carbonyl (C=O) groups excluding carboxylic acids is 1. The first kappa shape index (κ1) is 16.1. The third kappa shape index (κ3) is 3.60.